The number of carbonyl (C=O) groups excluding carboxylic acids is 1. The maximum atomic E-state index is 13.0. The number of hydrogen-bond acceptors (Lipinski definition) is 10. The van der Waals surface area contributed by atoms with Gasteiger partial charge in [-0.1, -0.05) is 18.2 Å². The van der Waals surface area contributed by atoms with Gasteiger partial charge in [-0.05, 0) is 37.3 Å². The molecule has 0 aliphatic rings. The second-order valence-electron chi connectivity index (χ2n) is 8.76. The fraction of sp³-hybridized carbons (Fsp3) is 0.567. The zero-order valence-corrected chi connectivity index (χ0v) is 24.5. The minimum absolute atomic E-state index is 0.00707. The van der Waals surface area contributed by atoms with Crippen molar-refractivity contribution in [3.8, 4) is 0 Å². The highest BCUT2D eigenvalue weighted by Crippen LogP contribution is 2.32. The number of ether oxygens (including phenoxy) is 8. The van der Waals surface area contributed by atoms with Crippen molar-refractivity contribution < 1.29 is 55.9 Å². The van der Waals surface area contributed by atoms with Crippen LogP contribution in [0.15, 0.2) is 48.5 Å². The summed E-state index contributed by atoms with van der Waals surface area (Å²) in [5.41, 5.74) is -0.0719. The Kier molecular flexibility index (Phi) is 19.2. The van der Waals surface area contributed by atoms with Crippen molar-refractivity contribution in [1.82, 2.24) is 0 Å². The van der Waals surface area contributed by atoms with E-state index in [0.29, 0.717) is 91.6 Å². The molecule has 10 nitrogen and oxygen atoms in total. The van der Waals surface area contributed by atoms with Crippen molar-refractivity contribution in [1.29, 1.82) is 0 Å². The molecule has 0 spiro atoms. The summed E-state index contributed by atoms with van der Waals surface area (Å²) in [7, 11) is 0. The van der Waals surface area contributed by atoms with Gasteiger partial charge in [-0.3, -0.25) is 0 Å². The third-order valence-corrected chi connectivity index (χ3v) is 5.51. The molecule has 0 unspecified atom stereocenters. The molecule has 0 bridgehead atoms. The fourth-order valence-corrected chi connectivity index (χ4v) is 3.43. The molecule has 0 amide bonds. The van der Waals surface area contributed by atoms with Crippen molar-refractivity contribution in [2.24, 2.45) is 0 Å². The molecule has 0 aromatic heterocycles. The Morgan fingerprint density at radius 1 is 0.628 bits per heavy atom. The highest BCUT2D eigenvalue weighted by Gasteiger charge is 2.30. The molecule has 2 aromatic carbocycles. The van der Waals surface area contributed by atoms with Crippen LogP contribution < -0.4 is 5.32 Å². The Bertz CT molecular complexity index is 1010. The second-order valence-corrected chi connectivity index (χ2v) is 8.76. The lowest BCUT2D eigenvalue weighted by Gasteiger charge is -2.13. The fourth-order valence-electron chi connectivity index (χ4n) is 3.43. The standard InChI is InChI=1S/C30H42F3NO9/c1-2-36-10-11-37-12-13-38-14-15-39-16-17-40-18-19-41-20-21-42-22-23-43-29(35)27-8-3-4-9-28(27)34-26-7-5-6-25(24-26)30(31,32)33/h3-9,24,34H,2,10-23H2,1H3. The van der Waals surface area contributed by atoms with Gasteiger partial charge in [0.1, 0.15) is 6.61 Å². The third-order valence-electron chi connectivity index (χ3n) is 5.51. The average Bonchev–Trinajstić information content (AvgIpc) is 2.99. The zero-order chi connectivity index (χ0) is 31.0. The van der Waals surface area contributed by atoms with Crippen molar-refractivity contribution in [2.45, 2.75) is 13.1 Å². The van der Waals surface area contributed by atoms with Crippen LogP contribution >= 0.6 is 0 Å². The molecule has 0 saturated carbocycles. The number of anilines is 2. The molecule has 0 heterocycles. The summed E-state index contributed by atoms with van der Waals surface area (Å²) in [6.07, 6.45) is -4.47. The Morgan fingerprint density at radius 3 is 1.58 bits per heavy atom. The summed E-state index contributed by atoms with van der Waals surface area (Å²) in [5, 5.41) is 2.85. The first-order valence-electron chi connectivity index (χ1n) is 14.2. The summed E-state index contributed by atoms with van der Waals surface area (Å²) in [6.45, 7) is 8.36. The highest BCUT2D eigenvalue weighted by molar-refractivity contribution is 5.96. The van der Waals surface area contributed by atoms with Crippen LogP contribution in [0, 0.1) is 0 Å². The lowest BCUT2D eigenvalue weighted by molar-refractivity contribution is -0.137. The molecule has 0 fully saturated rings. The highest BCUT2D eigenvalue weighted by atomic mass is 19.4. The summed E-state index contributed by atoms with van der Waals surface area (Å²) < 4.78 is 81.9. The predicted molar refractivity (Wildman–Crippen MR) is 153 cm³/mol. The lowest BCUT2D eigenvalue weighted by atomic mass is 10.1. The van der Waals surface area contributed by atoms with E-state index in [1.165, 1.54) is 18.2 Å². The van der Waals surface area contributed by atoms with Gasteiger partial charge < -0.3 is 43.2 Å². The monoisotopic (exact) mass is 617 g/mol. The molecule has 1 N–H and O–H groups in total. The quantitative estimate of drug-likeness (QED) is 0.124. The molecule has 242 valence electrons. The van der Waals surface area contributed by atoms with E-state index in [-0.39, 0.29) is 24.5 Å². The first-order valence-corrected chi connectivity index (χ1v) is 14.2. The molecule has 43 heavy (non-hydrogen) atoms. The molecule has 0 atom stereocenters. The molecule has 2 aromatic rings. The van der Waals surface area contributed by atoms with Gasteiger partial charge >= 0.3 is 12.1 Å². The number of rotatable bonds is 25. The van der Waals surface area contributed by atoms with Crippen molar-refractivity contribution >= 4 is 17.3 Å². The largest absolute Gasteiger partial charge is 0.460 e. The van der Waals surface area contributed by atoms with Gasteiger partial charge in [-0.2, -0.15) is 13.2 Å². The van der Waals surface area contributed by atoms with Crippen LogP contribution in [0.2, 0.25) is 0 Å². The molecule has 2 rings (SSSR count). The van der Waals surface area contributed by atoms with Gasteiger partial charge in [-0.15, -0.1) is 0 Å². The Morgan fingerprint density at radius 2 is 1.09 bits per heavy atom. The zero-order valence-electron chi connectivity index (χ0n) is 24.5. The van der Waals surface area contributed by atoms with E-state index < -0.39 is 17.7 Å². The summed E-state index contributed by atoms with van der Waals surface area (Å²) in [6, 6.07) is 11.1. The number of nitrogens with one attached hydrogen (secondary N) is 1. The molecule has 0 aliphatic carbocycles. The van der Waals surface area contributed by atoms with Crippen molar-refractivity contribution in [2.75, 3.05) is 104 Å². The molecular weight excluding hydrogens is 575 g/mol. The number of halogens is 3. The lowest BCUT2D eigenvalue weighted by Crippen LogP contribution is -2.15. The van der Waals surface area contributed by atoms with Crippen LogP contribution in [0.1, 0.15) is 22.8 Å². The molecule has 0 radical (unpaired) electrons. The van der Waals surface area contributed by atoms with E-state index in [1.54, 1.807) is 18.2 Å². The van der Waals surface area contributed by atoms with E-state index in [2.05, 4.69) is 5.32 Å². The molecule has 13 heteroatoms. The number of hydrogen-bond donors (Lipinski definition) is 1. The van der Waals surface area contributed by atoms with Crippen LogP contribution in [0.25, 0.3) is 0 Å². The van der Waals surface area contributed by atoms with Crippen molar-refractivity contribution in [3.63, 3.8) is 0 Å². The first kappa shape index (κ1) is 36.4. The number of carbonyl (C=O) groups is 1. The van der Waals surface area contributed by atoms with E-state index in [9.17, 15) is 18.0 Å². The van der Waals surface area contributed by atoms with Crippen molar-refractivity contribution in [3.05, 3.63) is 59.7 Å². The number of benzene rings is 2. The third kappa shape index (κ3) is 17.2. The van der Waals surface area contributed by atoms with Crippen LogP contribution in [-0.2, 0) is 44.1 Å². The van der Waals surface area contributed by atoms with Crippen LogP contribution in [-0.4, -0.2) is 105 Å². The smallest absolute Gasteiger partial charge is 0.416 e. The van der Waals surface area contributed by atoms with E-state index in [4.69, 9.17) is 37.9 Å². The Labute approximate surface area is 250 Å². The Hall–Kier alpha value is -2.78. The van der Waals surface area contributed by atoms with Gasteiger partial charge in [0, 0.05) is 12.3 Å². The van der Waals surface area contributed by atoms with Crippen LogP contribution in [0.3, 0.4) is 0 Å². The summed E-state index contributed by atoms with van der Waals surface area (Å²) in [5.74, 6) is -0.623. The summed E-state index contributed by atoms with van der Waals surface area (Å²) >= 11 is 0. The van der Waals surface area contributed by atoms with Gasteiger partial charge in [0.25, 0.3) is 0 Å². The van der Waals surface area contributed by atoms with Crippen LogP contribution in [0.4, 0.5) is 24.5 Å². The topological polar surface area (TPSA) is 103 Å². The van der Waals surface area contributed by atoms with E-state index >= 15 is 0 Å². The van der Waals surface area contributed by atoms with E-state index in [1.807, 2.05) is 6.92 Å². The summed E-state index contributed by atoms with van der Waals surface area (Å²) in [4.78, 5) is 12.5. The molecular formula is C30H42F3NO9. The normalized spacial score (nSPS) is 11.5. The minimum Gasteiger partial charge on any atom is -0.460 e. The average molecular weight is 618 g/mol. The second kappa shape index (κ2) is 22.7. The first-order chi connectivity index (χ1) is 20.9. The number of para-hydroxylation sites is 1. The Balaban J connectivity index is 1.43. The van der Waals surface area contributed by atoms with Gasteiger partial charge in [0.05, 0.1) is 103 Å². The van der Waals surface area contributed by atoms with Crippen LogP contribution in [0.5, 0.6) is 0 Å². The van der Waals surface area contributed by atoms with Gasteiger partial charge in [-0.25, -0.2) is 4.79 Å². The van der Waals surface area contributed by atoms with E-state index in [0.717, 1.165) is 12.1 Å². The van der Waals surface area contributed by atoms with Gasteiger partial charge in [0.15, 0.2) is 0 Å². The SMILES string of the molecule is CCOCCOCCOCCOCCOCCOCCOCCOC(=O)c1ccccc1Nc1cccc(C(F)(F)F)c1. The maximum absolute atomic E-state index is 13.0. The number of esters is 1. The molecule has 0 saturated heterocycles. The predicted octanol–water partition coefficient (Wildman–Crippen LogP) is 4.74. The number of alkyl halides is 3. The van der Waals surface area contributed by atoms with Gasteiger partial charge in [0.2, 0.25) is 0 Å². The minimum atomic E-state index is -4.47. The molecule has 0 aliphatic heterocycles. The maximum Gasteiger partial charge on any atom is 0.416 e.